The molecule has 1 aromatic heterocycles. The van der Waals surface area contributed by atoms with Crippen LogP contribution in [-0.4, -0.2) is 63.6 Å². The van der Waals surface area contributed by atoms with Crippen LogP contribution >= 0.6 is 51.2 Å². The van der Waals surface area contributed by atoms with E-state index in [0.29, 0.717) is 19.0 Å². The van der Waals surface area contributed by atoms with Crippen molar-refractivity contribution in [1.29, 1.82) is 0 Å². The molecule has 0 unspecified atom stereocenters. The summed E-state index contributed by atoms with van der Waals surface area (Å²) in [4.78, 5) is 7.72. The van der Waals surface area contributed by atoms with Crippen molar-refractivity contribution < 1.29 is 8.42 Å². The zero-order valence-electron chi connectivity index (χ0n) is 14.7. The highest BCUT2D eigenvalue weighted by Crippen LogP contribution is 2.23. The van der Waals surface area contributed by atoms with Crippen molar-refractivity contribution in [2.24, 2.45) is 10.9 Å². The lowest BCUT2D eigenvalue weighted by molar-refractivity contribution is 0.273. The molecule has 0 saturated carbocycles. The van der Waals surface area contributed by atoms with Crippen molar-refractivity contribution >= 4 is 67.2 Å². The molecule has 0 aliphatic carbocycles. The first-order chi connectivity index (χ1) is 11.3. The summed E-state index contributed by atoms with van der Waals surface area (Å²) in [5.41, 5.74) is 0. The number of halogens is 2. The molecule has 6 nitrogen and oxygen atoms in total. The van der Waals surface area contributed by atoms with Gasteiger partial charge in [-0.25, -0.2) is 12.7 Å². The van der Waals surface area contributed by atoms with Gasteiger partial charge in [-0.1, -0.05) is 0 Å². The summed E-state index contributed by atoms with van der Waals surface area (Å²) in [7, 11) is 0.757. The van der Waals surface area contributed by atoms with E-state index in [9.17, 15) is 8.42 Å². The minimum atomic E-state index is -3.05. The van der Waals surface area contributed by atoms with Crippen LogP contribution in [0.2, 0.25) is 0 Å². The average Bonchev–Trinajstić information content (AvgIpc) is 2.92. The van der Waals surface area contributed by atoms with Crippen LogP contribution in [0, 0.1) is 5.92 Å². The van der Waals surface area contributed by atoms with E-state index in [4.69, 9.17) is 0 Å². The molecule has 144 valence electrons. The first kappa shape index (κ1) is 23.1. The summed E-state index contributed by atoms with van der Waals surface area (Å²) in [5.74, 6) is 1.34. The number of nitrogens with one attached hydrogen (secondary N) is 1. The van der Waals surface area contributed by atoms with Gasteiger partial charge in [0.05, 0.1) is 16.6 Å². The Morgan fingerprint density at radius 2 is 2.08 bits per heavy atom. The third-order valence-corrected chi connectivity index (χ3v) is 7.10. The van der Waals surface area contributed by atoms with E-state index in [2.05, 4.69) is 43.3 Å². The Labute approximate surface area is 180 Å². The predicted molar refractivity (Wildman–Crippen MR) is 119 cm³/mol. The zero-order chi connectivity index (χ0) is 17.7. The molecule has 1 N–H and O–H groups in total. The van der Waals surface area contributed by atoms with Crippen LogP contribution in [-0.2, 0) is 16.6 Å². The Hall–Kier alpha value is 0.0900. The predicted octanol–water partition coefficient (Wildman–Crippen LogP) is 2.81. The van der Waals surface area contributed by atoms with Gasteiger partial charge in [0.2, 0.25) is 10.0 Å². The molecule has 1 fully saturated rings. The summed E-state index contributed by atoms with van der Waals surface area (Å²) in [6, 6.07) is 4.17. The molecule has 1 saturated heterocycles. The van der Waals surface area contributed by atoms with Gasteiger partial charge >= 0.3 is 0 Å². The second-order valence-corrected chi connectivity index (χ2v) is 10.6. The van der Waals surface area contributed by atoms with Gasteiger partial charge < -0.3 is 10.2 Å². The van der Waals surface area contributed by atoms with Crippen LogP contribution in [0.1, 0.15) is 17.7 Å². The molecule has 1 aromatic rings. The molecule has 0 aromatic carbocycles. The first-order valence-electron chi connectivity index (χ1n) is 7.90. The van der Waals surface area contributed by atoms with Crippen LogP contribution < -0.4 is 5.32 Å². The Morgan fingerprint density at radius 3 is 2.56 bits per heavy atom. The van der Waals surface area contributed by atoms with Crippen molar-refractivity contribution in [1.82, 2.24) is 14.5 Å². The minimum absolute atomic E-state index is 0. The van der Waals surface area contributed by atoms with Gasteiger partial charge in [-0.05, 0) is 46.8 Å². The lowest BCUT2D eigenvalue weighted by Crippen LogP contribution is -2.44. The highest BCUT2D eigenvalue weighted by atomic mass is 127. The van der Waals surface area contributed by atoms with E-state index >= 15 is 0 Å². The van der Waals surface area contributed by atoms with Gasteiger partial charge in [0.15, 0.2) is 5.96 Å². The number of piperidine rings is 1. The highest BCUT2D eigenvalue weighted by Gasteiger charge is 2.25. The van der Waals surface area contributed by atoms with Crippen LogP contribution in [0.15, 0.2) is 20.9 Å². The quantitative estimate of drug-likeness (QED) is 0.339. The normalized spacial score (nSPS) is 17.2. The summed E-state index contributed by atoms with van der Waals surface area (Å²) in [6.07, 6.45) is 3.06. The monoisotopic (exact) mass is 564 g/mol. The minimum Gasteiger partial charge on any atom is -0.356 e. The van der Waals surface area contributed by atoms with Crippen LogP contribution in [0.25, 0.3) is 0 Å². The molecule has 0 radical (unpaired) electrons. The maximum absolute atomic E-state index is 11.6. The number of sulfonamides is 1. The Balaban J connectivity index is 0.00000312. The third kappa shape index (κ3) is 7.31. The summed E-state index contributed by atoms with van der Waals surface area (Å²) in [6.45, 7) is 2.86. The number of hydrogen-bond donors (Lipinski definition) is 1. The fourth-order valence-corrected chi connectivity index (χ4v) is 5.22. The molecule has 25 heavy (non-hydrogen) atoms. The van der Waals surface area contributed by atoms with E-state index < -0.39 is 10.0 Å². The Kier molecular flexibility index (Phi) is 9.65. The van der Waals surface area contributed by atoms with E-state index in [0.717, 1.165) is 35.7 Å². The number of hydrogen-bond acceptors (Lipinski definition) is 4. The van der Waals surface area contributed by atoms with Gasteiger partial charge in [0.25, 0.3) is 0 Å². The Morgan fingerprint density at radius 1 is 1.44 bits per heavy atom. The lowest BCUT2D eigenvalue weighted by Gasteiger charge is -2.31. The van der Waals surface area contributed by atoms with Crippen molar-refractivity contribution in [2.45, 2.75) is 19.4 Å². The van der Waals surface area contributed by atoms with E-state index in [-0.39, 0.29) is 24.0 Å². The van der Waals surface area contributed by atoms with Gasteiger partial charge in [0.1, 0.15) is 0 Å². The standard InChI is InChI=1S/C15H25BrN4O2S2.HI/c1-17-15(19(2)11-13-4-5-14(16)23-13)18-10-12-6-8-20(9-7-12)24(3,21)22;/h4-5,12H,6-11H2,1-3H3,(H,17,18);1H. The lowest BCUT2D eigenvalue weighted by atomic mass is 9.98. The molecular formula is C15H26BrIN4O2S2. The van der Waals surface area contributed by atoms with Crippen molar-refractivity contribution in [3.05, 3.63) is 20.8 Å². The summed E-state index contributed by atoms with van der Waals surface area (Å²) >= 11 is 5.21. The molecule has 10 heteroatoms. The first-order valence-corrected chi connectivity index (χ1v) is 11.4. The number of thiophene rings is 1. The topological polar surface area (TPSA) is 65.0 Å². The van der Waals surface area contributed by atoms with E-state index in [1.54, 1.807) is 22.7 Å². The van der Waals surface area contributed by atoms with Crippen molar-refractivity contribution in [2.75, 3.05) is 40.0 Å². The molecule has 0 bridgehead atoms. The van der Waals surface area contributed by atoms with E-state index in [1.165, 1.54) is 11.1 Å². The maximum atomic E-state index is 11.6. The molecule has 2 heterocycles. The molecule has 0 spiro atoms. The molecule has 0 amide bonds. The fraction of sp³-hybridized carbons (Fsp3) is 0.667. The summed E-state index contributed by atoms with van der Waals surface area (Å²) in [5, 5.41) is 3.42. The van der Waals surface area contributed by atoms with E-state index in [1.807, 2.05) is 7.05 Å². The number of guanidine groups is 1. The zero-order valence-corrected chi connectivity index (χ0v) is 20.3. The number of aliphatic imine (C=N–C) groups is 1. The largest absolute Gasteiger partial charge is 0.356 e. The highest BCUT2D eigenvalue weighted by molar-refractivity contribution is 14.0. The second kappa shape index (κ2) is 10.4. The molecule has 0 atom stereocenters. The van der Waals surface area contributed by atoms with Crippen LogP contribution in [0.4, 0.5) is 0 Å². The molecular weight excluding hydrogens is 539 g/mol. The van der Waals surface area contributed by atoms with Crippen LogP contribution in [0.5, 0.6) is 0 Å². The number of nitrogens with zero attached hydrogens (tertiary/aromatic N) is 3. The van der Waals surface area contributed by atoms with Gasteiger partial charge in [-0.3, -0.25) is 4.99 Å². The van der Waals surface area contributed by atoms with Crippen molar-refractivity contribution in [3.8, 4) is 0 Å². The smallest absolute Gasteiger partial charge is 0.211 e. The third-order valence-electron chi connectivity index (χ3n) is 4.19. The SMILES string of the molecule is CN=C(NCC1CCN(S(C)(=O)=O)CC1)N(C)Cc1ccc(Br)s1.I. The molecule has 1 aliphatic rings. The van der Waals surface area contributed by atoms with Gasteiger partial charge in [0, 0.05) is 38.6 Å². The van der Waals surface area contributed by atoms with Gasteiger partial charge in [-0.2, -0.15) is 0 Å². The van der Waals surface area contributed by atoms with Gasteiger partial charge in [-0.15, -0.1) is 35.3 Å². The van der Waals surface area contributed by atoms with Crippen molar-refractivity contribution in [3.63, 3.8) is 0 Å². The number of rotatable bonds is 5. The Bertz CT molecular complexity index is 673. The maximum Gasteiger partial charge on any atom is 0.211 e. The molecule has 1 aliphatic heterocycles. The average molecular weight is 565 g/mol. The molecule has 2 rings (SSSR count). The van der Waals surface area contributed by atoms with Crippen LogP contribution in [0.3, 0.4) is 0 Å². The summed E-state index contributed by atoms with van der Waals surface area (Å²) < 4.78 is 25.8. The second-order valence-electron chi connectivity index (χ2n) is 6.10. The fourth-order valence-electron chi connectivity index (χ4n) is 2.81.